The summed E-state index contributed by atoms with van der Waals surface area (Å²) in [5, 5.41) is 9.52. The number of benzene rings is 9. The molecule has 3 nitrogen and oxygen atoms in total. The third kappa shape index (κ3) is 4.44. The summed E-state index contributed by atoms with van der Waals surface area (Å²) in [7, 11) is 0. The summed E-state index contributed by atoms with van der Waals surface area (Å²) in [6.45, 7) is 0. The highest BCUT2D eigenvalue weighted by Crippen LogP contribution is 2.43. The molecule has 0 N–H and O–H groups in total. The van der Waals surface area contributed by atoms with E-state index >= 15 is 0 Å². The van der Waals surface area contributed by atoms with Gasteiger partial charge in [0.2, 0.25) is 0 Å². The lowest BCUT2D eigenvalue weighted by atomic mass is 10.00. The third-order valence-electron chi connectivity index (χ3n) is 11.5. The predicted octanol–water partition coefficient (Wildman–Crippen LogP) is 14.3. The highest BCUT2D eigenvalue weighted by atomic mass is 16.3. The standard InChI is InChI=1S/C52H32N2O/c1-2-12-33(13-3-1)35-16-10-17-38(30-35)53-48-28-25-37(32-44(48)51-49(53)29-26-42-41-20-7-9-23-50(41)55-52(42)51)36-24-27-47-43(31-36)40-19-6-8-21-46(40)54(47)45-22-11-15-34-14-4-5-18-39(34)45/h1-32H. The number of para-hydroxylation sites is 2. The lowest BCUT2D eigenvalue weighted by Gasteiger charge is -2.12. The zero-order valence-electron chi connectivity index (χ0n) is 29.8. The summed E-state index contributed by atoms with van der Waals surface area (Å²) >= 11 is 0. The molecular formula is C52H32N2O. The maximum Gasteiger partial charge on any atom is 0.145 e. The minimum Gasteiger partial charge on any atom is -0.455 e. The monoisotopic (exact) mass is 700 g/mol. The van der Waals surface area contributed by atoms with E-state index in [0.29, 0.717) is 0 Å². The molecule has 55 heavy (non-hydrogen) atoms. The van der Waals surface area contributed by atoms with E-state index in [1.807, 2.05) is 6.07 Å². The van der Waals surface area contributed by atoms with Crippen LogP contribution in [0.25, 0.3) is 110 Å². The first-order valence-corrected chi connectivity index (χ1v) is 18.8. The average molecular weight is 701 g/mol. The lowest BCUT2D eigenvalue weighted by Crippen LogP contribution is -1.95. The quantitative estimate of drug-likeness (QED) is 0.179. The van der Waals surface area contributed by atoms with Crippen LogP contribution < -0.4 is 0 Å². The number of rotatable bonds is 4. The topological polar surface area (TPSA) is 23.0 Å². The van der Waals surface area contributed by atoms with Crippen LogP contribution in [0.4, 0.5) is 0 Å². The number of hydrogen-bond donors (Lipinski definition) is 0. The summed E-state index contributed by atoms with van der Waals surface area (Å²) in [4.78, 5) is 0. The second kappa shape index (κ2) is 11.6. The molecule has 0 aliphatic heterocycles. The normalized spacial score (nSPS) is 12.0. The highest BCUT2D eigenvalue weighted by molar-refractivity contribution is 6.24. The van der Waals surface area contributed by atoms with Crippen LogP contribution in [0.1, 0.15) is 0 Å². The van der Waals surface area contributed by atoms with Gasteiger partial charge in [0.25, 0.3) is 0 Å². The van der Waals surface area contributed by atoms with E-state index in [4.69, 9.17) is 4.42 Å². The van der Waals surface area contributed by atoms with E-state index in [9.17, 15) is 0 Å². The van der Waals surface area contributed by atoms with Crippen molar-refractivity contribution in [3.05, 3.63) is 194 Å². The Morgan fingerprint density at radius 2 is 0.945 bits per heavy atom. The molecule has 0 amide bonds. The molecule has 0 bridgehead atoms. The van der Waals surface area contributed by atoms with E-state index < -0.39 is 0 Å². The van der Waals surface area contributed by atoms with Crippen molar-refractivity contribution < 1.29 is 4.42 Å². The van der Waals surface area contributed by atoms with Gasteiger partial charge in [-0.2, -0.15) is 0 Å². The Balaban J connectivity index is 1.11. The molecule has 12 aromatic rings. The van der Waals surface area contributed by atoms with E-state index in [-0.39, 0.29) is 0 Å². The van der Waals surface area contributed by atoms with Crippen LogP contribution in [0.15, 0.2) is 199 Å². The number of hydrogen-bond acceptors (Lipinski definition) is 1. The minimum absolute atomic E-state index is 0.904. The molecule has 0 aliphatic carbocycles. The molecule has 0 fully saturated rings. The second-order valence-electron chi connectivity index (χ2n) is 14.5. The van der Waals surface area contributed by atoms with Gasteiger partial charge < -0.3 is 13.6 Å². The third-order valence-corrected chi connectivity index (χ3v) is 11.5. The van der Waals surface area contributed by atoms with Crippen molar-refractivity contribution in [1.82, 2.24) is 9.13 Å². The second-order valence-corrected chi connectivity index (χ2v) is 14.5. The van der Waals surface area contributed by atoms with Crippen LogP contribution in [0, 0.1) is 0 Å². The van der Waals surface area contributed by atoms with Gasteiger partial charge in [-0.25, -0.2) is 0 Å². The molecule has 0 atom stereocenters. The first-order valence-electron chi connectivity index (χ1n) is 18.8. The number of furan rings is 1. The molecule has 0 saturated heterocycles. The van der Waals surface area contributed by atoms with Gasteiger partial charge >= 0.3 is 0 Å². The van der Waals surface area contributed by atoms with Crippen molar-refractivity contribution in [1.29, 1.82) is 0 Å². The van der Waals surface area contributed by atoms with Gasteiger partial charge in [-0.3, -0.25) is 0 Å². The Morgan fingerprint density at radius 3 is 1.82 bits per heavy atom. The molecule has 0 saturated carbocycles. The van der Waals surface area contributed by atoms with Crippen molar-refractivity contribution in [3.8, 4) is 33.6 Å². The molecular weight excluding hydrogens is 669 g/mol. The maximum absolute atomic E-state index is 6.73. The van der Waals surface area contributed by atoms with Crippen molar-refractivity contribution in [2.45, 2.75) is 0 Å². The molecule has 0 unspecified atom stereocenters. The molecule has 0 spiro atoms. The van der Waals surface area contributed by atoms with Crippen LogP contribution in [-0.4, -0.2) is 9.13 Å². The smallest absolute Gasteiger partial charge is 0.145 e. The minimum atomic E-state index is 0.904. The summed E-state index contributed by atoms with van der Waals surface area (Å²) in [6, 6.07) is 70.2. The van der Waals surface area contributed by atoms with E-state index in [2.05, 4.69) is 197 Å². The average Bonchev–Trinajstić information content (AvgIpc) is 3.91. The summed E-state index contributed by atoms with van der Waals surface area (Å²) in [5.74, 6) is 0. The zero-order valence-corrected chi connectivity index (χ0v) is 29.8. The Morgan fingerprint density at radius 1 is 0.327 bits per heavy atom. The molecule has 3 heterocycles. The van der Waals surface area contributed by atoms with Crippen molar-refractivity contribution in [2.24, 2.45) is 0 Å². The fourth-order valence-electron chi connectivity index (χ4n) is 9.01. The number of fused-ring (bicyclic) bond motifs is 11. The van der Waals surface area contributed by atoms with Gasteiger partial charge in [0.15, 0.2) is 0 Å². The highest BCUT2D eigenvalue weighted by Gasteiger charge is 2.21. The van der Waals surface area contributed by atoms with Gasteiger partial charge in [-0.1, -0.05) is 127 Å². The first-order chi connectivity index (χ1) is 27.3. The van der Waals surface area contributed by atoms with Crippen LogP contribution in [0.3, 0.4) is 0 Å². The Bertz CT molecular complexity index is 3480. The SMILES string of the molecule is c1ccc(-c2cccc(-n3c4ccc(-c5ccc6c(c5)c5ccccc5n6-c5cccc6ccccc56)cc4c4c5oc6ccccc6c5ccc43)c2)cc1. The fourth-order valence-corrected chi connectivity index (χ4v) is 9.01. The van der Waals surface area contributed by atoms with Crippen molar-refractivity contribution in [2.75, 3.05) is 0 Å². The van der Waals surface area contributed by atoms with Crippen LogP contribution in [0.5, 0.6) is 0 Å². The summed E-state index contributed by atoms with van der Waals surface area (Å²) in [6.07, 6.45) is 0. The number of aromatic nitrogens is 2. The summed E-state index contributed by atoms with van der Waals surface area (Å²) < 4.78 is 11.6. The first kappa shape index (κ1) is 30.1. The largest absolute Gasteiger partial charge is 0.455 e. The lowest BCUT2D eigenvalue weighted by molar-refractivity contribution is 0.673. The van der Waals surface area contributed by atoms with Gasteiger partial charge in [0.1, 0.15) is 11.2 Å². The molecule has 256 valence electrons. The van der Waals surface area contributed by atoms with Crippen LogP contribution in [-0.2, 0) is 0 Å². The predicted molar refractivity (Wildman–Crippen MR) is 231 cm³/mol. The molecule has 12 rings (SSSR count). The van der Waals surface area contributed by atoms with E-state index in [0.717, 1.165) is 44.0 Å². The molecule has 0 aliphatic rings. The fraction of sp³-hybridized carbons (Fsp3) is 0. The van der Waals surface area contributed by atoms with Crippen molar-refractivity contribution in [3.63, 3.8) is 0 Å². The van der Waals surface area contributed by atoms with Crippen LogP contribution >= 0.6 is 0 Å². The van der Waals surface area contributed by atoms with Gasteiger partial charge in [0.05, 0.1) is 33.1 Å². The van der Waals surface area contributed by atoms with E-state index in [1.165, 1.54) is 65.9 Å². The maximum atomic E-state index is 6.73. The van der Waals surface area contributed by atoms with Gasteiger partial charge in [0, 0.05) is 38.0 Å². The van der Waals surface area contributed by atoms with Crippen LogP contribution in [0.2, 0.25) is 0 Å². The molecule has 9 aromatic carbocycles. The van der Waals surface area contributed by atoms with Gasteiger partial charge in [-0.05, 0) is 94.4 Å². The van der Waals surface area contributed by atoms with Crippen molar-refractivity contribution >= 4 is 76.3 Å². The molecule has 3 aromatic heterocycles. The Hall–Kier alpha value is -7.36. The Kier molecular flexibility index (Phi) is 6.34. The molecule has 0 radical (unpaired) electrons. The van der Waals surface area contributed by atoms with Gasteiger partial charge in [-0.15, -0.1) is 0 Å². The van der Waals surface area contributed by atoms with E-state index in [1.54, 1.807) is 0 Å². The zero-order chi connectivity index (χ0) is 36.0. The summed E-state index contributed by atoms with van der Waals surface area (Å²) in [5.41, 5.74) is 13.5. The number of nitrogens with zero attached hydrogens (tertiary/aromatic N) is 2. The molecule has 3 heteroatoms. The Labute approximate surface area is 316 Å².